The quantitative estimate of drug-likeness (QED) is 0.189. The van der Waals surface area contributed by atoms with Crippen LogP contribution in [0.2, 0.25) is 0 Å². The third kappa shape index (κ3) is 4.20. The highest BCUT2D eigenvalue weighted by molar-refractivity contribution is 6.13. The van der Waals surface area contributed by atoms with Crippen LogP contribution in [0.4, 0.5) is 0 Å². The Kier molecular flexibility index (Phi) is 5.86. The highest BCUT2D eigenvalue weighted by atomic mass is 16.3. The van der Waals surface area contributed by atoms with Crippen LogP contribution in [0.1, 0.15) is 0 Å². The lowest BCUT2D eigenvalue weighted by Crippen LogP contribution is -2.06. The lowest BCUT2D eigenvalue weighted by Gasteiger charge is -2.11. The van der Waals surface area contributed by atoms with Gasteiger partial charge in [0.25, 0.3) is 0 Å². The van der Waals surface area contributed by atoms with E-state index in [0.29, 0.717) is 17.6 Å². The van der Waals surface area contributed by atoms with Gasteiger partial charge < -0.3 is 8.83 Å². The maximum atomic E-state index is 6.65. The van der Waals surface area contributed by atoms with Gasteiger partial charge in [0.05, 0.1) is 16.6 Å². The van der Waals surface area contributed by atoms with Gasteiger partial charge in [-0.3, -0.25) is 4.57 Å². The predicted molar refractivity (Wildman–Crippen MR) is 205 cm³/mol. The topological polar surface area (TPSA) is 69.9 Å². The monoisotopic (exact) mass is 654 g/mol. The van der Waals surface area contributed by atoms with Crippen molar-refractivity contribution in [2.24, 2.45) is 0 Å². The van der Waals surface area contributed by atoms with Crippen LogP contribution in [0.5, 0.6) is 0 Å². The Morgan fingerprint density at radius 1 is 0.373 bits per heavy atom. The van der Waals surface area contributed by atoms with Crippen LogP contribution in [0.15, 0.2) is 167 Å². The number of nitrogens with zero attached hydrogens (tertiary/aromatic N) is 4. The van der Waals surface area contributed by atoms with Crippen molar-refractivity contribution in [1.29, 1.82) is 0 Å². The maximum absolute atomic E-state index is 6.65. The third-order valence-electron chi connectivity index (χ3n) is 9.89. The molecule has 0 amide bonds. The normalized spacial score (nSPS) is 11.9. The van der Waals surface area contributed by atoms with E-state index in [1.54, 1.807) is 0 Å². The van der Waals surface area contributed by atoms with Gasteiger partial charge in [0.15, 0.2) is 11.6 Å². The van der Waals surface area contributed by atoms with Gasteiger partial charge in [-0.15, -0.1) is 0 Å². The zero-order chi connectivity index (χ0) is 33.5. The summed E-state index contributed by atoms with van der Waals surface area (Å²) < 4.78 is 15.2. The van der Waals surface area contributed by atoms with Crippen LogP contribution in [-0.4, -0.2) is 19.5 Å². The molecule has 0 N–H and O–H groups in total. The highest BCUT2D eigenvalue weighted by Crippen LogP contribution is 2.40. The molecule has 0 saturated carbocycles. The van der Waals surface area contributed by atoms with E-state index in [1.165, 1.54) is 0 Å². The van der Waals surface area contributed by atoms with Gasteiger partial charge >= 0.3 is 0 Å². The molecule has 6 heteroatoms. The van der Waals surface area contributed by atoms with E-state index in [4.69, 9.17) is 23.8 Å². The summed E-state index contributed by atoms with van der Waals surface area (Å²) in [5, 5.41) is 6.50. The van der Waals surface area contributed by atoms with Gasteiger partial charge in [0, 0.05) is 43.4 Å². The Morgan fingerprint density at radius 2 is 0.941 bits per heavy atom. The van der Waals surface area contributed by atoms with E-state index in [-0.39, 0.29) is 0 Å². The fourth-order valence-corrected chi connectivity index (χ4v) is 7.56. The summed E-state index contributed by atoms with van der Waals surface area (Å²) >= 11 is 0. The minimum Gasteiger partial charge on any atom is -0.455 e. The van der Waals surface area contributed by atoms with E-state index < -0.39 is 0 Å². The molecule has 11 aromatic rings. The van der Waals surface area contributed by atoms with Crippen LogP contribution in [0, 0.1) is 0 Å². The number of aromatic nitrogens is 4. The van der Waals surface area contributed by atoms with Crippen molar-refractivity contribution in [3.05, 3.63) is 158 Å². The Bertz CT molecular complexity index is 3100. The fraction of sp³-hybridized carbons (Fsp3) is 0. The summed E-state index contributed by atoms with van der Waals surface area (Å²) in [7, 11) is 0. The summed E-state index contributed by atoms with van der Waals surface area (Å²) in [6, 6.07) is 53.8. The first-order valence-corrected chi connectivity index (χ1v) is 16.9. The average molecular weight is 655 g/mol. The van der Waals surface area contributed by atoms with Crippen molar-refractivity contribution in [3.63, 3.8) is 0 Å². The standard InChI is InChI=1S/C45H26N4O2/c1-2-12-27(13-3-1)43-46-44(48-45(47-43)49-37-21-7-4-14-30(37)31-15-5-8-22-38(31)49)35-20-11-19-34-36-26-28(24-25-40(36)51-42(34)35)29-17-10-18-33-32-16-6-9-23-39(32)50-41(29)33/h1-26H. The first-order chi connectivity index (χ1) is 25.3. The SMILES string of the molecule is c1ccc(-c2nc(-c3cccc4c3oc3ccc(-c5cccc6c5oc5ccccc56)cc34)nc(-n3c4ccccc4c4ccccc43)n2)cc1. The molecular weight excluding hydrogens is 629 g/mol. The van der Waals surface area contributed by atoms with Gasteiger partial charge in [0.1, 0.15) is 22.3 Å². The molecule has 0 saturated heterocycles. The minimum atomic E-state index is 0.539. The Balaban J connectivity index is 1.13. The fourth-order valence-electron chi connectivity index (χ4n) is 7.56. The summed E-state index contributed by atoms with van der Waals surface area (Å²) in [4.78, 5) is 15.3. The van der Waals surface area contributed by atoms with Crippen molar-refractivity contribution in [1.82, 2.24) is 19.5 Å². The molecule has 6 nitrogen and oxygen atoms in total. The van der Waals surface area contributed by atoms with E-state index in [0.717, 1.165) is 87.9 Å². The number of hydrogen-bond acceptors (Lipinski definition) is 5. The third-order valence-corrected chi connectivity index (χ3v) is 9.89. The predicted octanol–water partition coefficient (Wildman–Crippen LogP) is 11.8. The largest absolute Gasteiger partial charge is 0.455 e. The molecule has 0 atom stereocenters. The number of para-hydroxylation sites is 5. The number of rotatable bonds is 4. The molecule has 4 heterocycles. The van der Waals surface area contributed by atoms with Crippen LogP contribution in [0.3, 0.4) is 0 Å². The number of hydrogen-bond donors (Lipinski definition) is 0. The molecule has 0 spiro atoms. The lowest BCUT2D eigenvalue weighted by molar-refractivity contribution is 0.668. The molecule has 4 aromatic heterocycles. The molecule has 11 rings (SSSR count). The van der Waals surface area contributed by atoms with Crippen LogP contribution in [0.25, 0.3) is 106 Å². The highest BCUT2D eigenvalue weighted by Gasteiger charge is 2.21. The van der Waals surface area contributed by atoms with E-state index >= 15 is 0 Å². The first kappa shape index (κ1) is 27.9. The van der Waals surface area contributed by atoms with Gasteiger partial charge in [-0.1, -0.05) is 121 Å². The van der Waals surface area contributed by atoms with Crippen LogP contribution < -0.4 is 0 Å². The second-order valence-electron chi connectivity index (χ2n) is 12.8. The molecule has 7 aromatic carbocycles. The number of benzene rings is 7. The lowest BCUT2D eigenvalue weighted by atomic mass is 10.00. The van der Waals surface area contributed by atoms with Gasteiger partial charge in [-0.2, -0.15) is 9.97 Å². The van der Waals surface area contributed by atoms with Crippen LogP contribution >= 0.6 is 0 Å². The van der Waals surface area contributed by atoms with Crippen molar-refractivity contribution < 1.29 is 8.83 Å². The zero-order valence-corrected chi connectivity index (χ0v) is 27.1. The Hall–Kier alpha value is -7.05. The van der Waals surface area contributed by atoms with Crippen LogP contribution in [-0.2, 0) is 0 Å². The van der Waals surface area contributed by atoms with E-state index in [2.05, 4.69) is 95.6 Å². The second-order valence-corrected chi connectivity index (χ2v) is 12.8. The van der Waals surface area contributed by atoms with E-state index in [1.807, 2.05) is 66.7 Å². The summed E-state index contributed by atoms with van der Waals surface area (Å²) in [6.45, 7) is 0. The van der Waals surface area contributed by atoms with Crippen molar-refractivity contribution >= 4 is 65.7 Å². The number of fused-ring (bicyclic) bond motifs is 9. The zero-order valence-electron chi connectivity index (χ0n) is 27.1. The van der Waals surface area contributed by atoms with Gasteiger partial charge in [0.2, 0.25) is 5.95 Å². The van der Waals surface area contributed by atoms with Crippen molar-refractivity contribution in [2.75, 3.05) is 0 Å². The Labute approximate surface area is 290 Å². The molecule has 0 radical (unpaired) electrons. The molecular formula is C45H26N4O2. The molecule has 0 aliphatic carbocycles. The Morgan fingerprint density at radius 3 is 1.71 bits per heavy atom. The minimum absolute atomic E-state index is 0.539. The maximum Gasteiger partial charge on any atom is 0.238 e. The molecule has 0 aliphatic rings. The smallest absolute Gasteiger partial charge is 0.238 e. The summed E-state index contributed by atoms with van der Waals surface area (Å²) in [5.74, 6) is 1.68. The van der Waals surface area contributed by atoms with Crippen molar-refractivity contribution in [2.45, 2.75) is 0 Å². The van der Waals surface area contributed by atoms with Gasteiger partial charge in [-0.25, -0.2) is 4.98 Å². The molecule has 0 bridgehead atoms. The van der Waals surface area contributed by atoms with Crippen molar-refractivity contribution in [3.8, 4) is 39.9 Å². The van der Waals surface area contributed by atoms with Gasteiger partial charge in [-0.05, 0) is 42.0 Å². The molecule has 0 unspecified atom stereocenters. The molecule has 0 fully saturated rings. The van der Waals surface area contributed by atoms with E-state index in [9.17, 15) is 0 Å². The molecule has 51 heavy (non-hydrogen) atoms. The number of furan rings is 2. The second kappa shape index (κ2) is 10.7. The summed E-state index contributed by atoms with van der Waals surface area (Å²) in [5.41, 5.74) is 9.14. The summed E-state index contributed by atoms with van der Waals surface area (Å²) in [6.07, 6.45) is 0. The molecule has 238 valence electrons. The first-order valence-electron chi connectivity index (χ1n) is 16.9. The average Bonchev–Trinajstić information content (AvgIpc) is 3.87. The molecule has 0 aliphatic heterocycles.